The lowest BCUT2D eigenvalue weighted by Gasteiger charge is -2.01. The summed E-state index contributed by atoms with van der Waals surface area (Å²) in [6.45, 7) is 3.71. The van der Waals surface area contributed by atoms with Gasteiger partial charge in [-0.25, -0.2) is 14.4 Å². The number of unbranched alkanes of at least 4 members (excludes halogenated alkanes) is 1. The summed E-state index contributed by atoms with van der Waals surface area (Å²) in [6, 6.07) is 0. The molecule has 76 valence electrons. The van der Waals surface area contributed by atoms with Gasteiger partial charge in [0.05, 0.1) is 5.69 Å². The Hall–Kier alpha value is -0.960. The second-order valence-corrected chi connectivity index (χ2v) is 3.32. The minimum atomic E-state index is -0.277. The number of halogens is 2. The molecule has 0 bridgehead atoms. The SMILES string of the molecule is CCC/C=C(/F)c1cnc(Cl)nc1C. The average molecular weight is 215 g/mol. The summed E-state index contributed by atoms with van der Waals surface area (Å²) in [5.41, 5.74) is 0.984. The van der Waals surface area contributed by atoms with Crippen molar-refractivity contribution in [1.29, 1.82) is 0 Å². The Kier molecular flexibility index (Phi) is 4.01. The van der Waals surface area contributed by atoms with Crippen molar-refractivity contribution >= 4 is 17.4 Å². The molecule has 0 radical (unpaired) electrons. The van der Waals surface area contributed by atoms with Gasteiger partial charge in [0.1, 0.15) is 5.83 Å². The van der Waals surface area contributed by atoms with Crippen LogP contribution in [0.3, 0.4) is 0 Å². The van der Waals surface area contributed by atoms with Crippen molar-refractivity contribution in [2.75, 3.05) is 0 Å². The van der Waals surface area contributed by atoms with Gasteiger partial charge in [0.15, 0.2) is 0 Å². The van der Waals surface area contributed by atoms with E-state index in [-0.39, 0.29) is 11.1 Å². The fourth-order valence-electron chi connectivity index (χ4n) is 1.05. The normalized spacial score (nSPS) is 11.9. The summed E-state index contributed by atoms with van der Waals surface area (Å²) >= 11 is 5.56. The smallest absolute Gasteiger partial charge is 0.222 e. The highest BCUT2D eigenvalue weighted by Gasteiger charge is 2.06. The molecule has 1 rings (SSSR count). The molecule has 0 fully saturated rings. The number of aryl methyl sites for hydroxylation is 1. The second kappa shape index (κ2) is 5.05. The van der Waals surface area contributed by atoms with Crippen LogP contribution in [0.4, 0.5) is 4.39 Å². The highest BCUT2D eigenvalue weighted by molar-refractivity contribution is 6.28. The van der Waals surface area contributed by atoms with Gasteiger partial charge < -0.3 is 0 Å². The molecular weight excluding hydrogens is 203 g/mol. The van der Waals surface area contributed by atoms with E-state index in [4.69, 9.17) is 11.6 Å². The van der Waals surface area contributed by atoms with E-state index >= 15 is 0 Å². The van der Waals surface area contributed by atoms with Crippen LogP contribution in [0.15, 0.2) is 12.3 Å². The van der Waals surface area contributed by atoms with Crippen molar-refractivity contribution < 1.29 is 4.39 Å². The van der Waals surface area contributed by atoms with Crippen molar-refractivity contribution in [3.8, 4) is 0 Å². The Morgan fingerprint density at radius 3 is 2.93 bits per heavy atom. The maximum atomic E-state index is 13.5. The minimum absolute atomic E-state index is 0.148. The molecule has 14 heavy (non-hydrogen) atoms. The molecular formula is C10H12ClFN2. The first-order valence-corrected chi connectivity index (χ1v) is 4.88. The molecule has 0 unspecified atom stereocenters. The summed E-state index contributed by atoms with van der Waals surface area (Å²) in [6.07, 6.45) is 4.58. The molecule has 0 aliphatic rings. The topological polar surface area (TPSA) is 25.8 Å². The lowest BCUT2D eigenvalue weighted by Crippen LogP contribution is -1.92. The Labute approximate surface area is 87.8 Å². The Bertz CT molecular complexity index is 350. The summed E-state index contributed by atoms with van der Waals surface area (Å²) in [5, 5.41) is 0.148. The van der Waals surface area contributed by atoms with Crippen LogP contribution < -0.4 is 0 Å². The molecule has 0 aliphatic carbocycles. The molecule has 4 heteroatoms. The molecule has 0 atom stereocenters. The van der Waals surface area contributed by atoms with Gasteiger partial charge in [-0.3, -0.25) is 0 Å². The van der Waals surface area contributed by atoms with Crippen molar-refractivity contribution in [1.82, 2.24) is 9.97 Å². The molecule has 0 aromatic carbocycles. The quantitative estimate of drug-likeness (QED) is 0.720. The van der Waals surface area contributed by atoms with Crippen molar-refractivity contribution in [3.63, 3.8) is 0 Å². The lowest BCUT2D eigenvalue weighted by molar-refractivity contribution is 0.745. The largest absolute Gasteiger partial charge is 0.226 e. The molecule has 0 saturated heterocycles. The molecule has 1 heterocycles. The zero-order chi connectivity index (χ0) is 10.6. The van der Waals surface area contributed by atoms with E-state index in [1.807, 2.05) is 6.92 Å². The first-order chi connectivity index (χ1) is 6.65. The van der Waals surface area contributed by atoms with Crippen molar-refractivity contribution in [3.05, 3.63) is 28.8 Å². The van der Waals surface area contributed by atoms with Gasteiger partial charge in [-0.2, -0.15) is 0 Å². The van der Waals surface area contributed by atoms with E-state index < -0.39 is 0 Å². The van der Waals surface area contributed by atoms with Crippen LogP contribution in [-0.4, -0.2) is 9.97 Å². The molecule has 1 aromatic rings. The van der Waals surface area contributed by atoms with Gasteiger partial charge in [0.2, 0.25) is 5.28 Å². The zero-order valence-corrected chi connectivity index (χ0v) is 8.98. The number of rotatable bonds is 3. The third kappa shape index (κ3) is 2.77. The molecule has 2 nitrogen and oxygen atoms in total. The number of hydrogen-bond acceptors (Lipinski definition) is 2. The highest BCUT2D eigenvalue weighted by Crippen LogP contribution is 2.19. The van der Waals surface area contributed by atoms with Crippen LogP contribution in [0, 0.1) is 6.92 Å². The third-order valence-corrected chi connectivity index (χ3v) is 2.00. The predicted octanol–water partition coefficient (Wildman–Crippen LogP) is 3.55. The molecule has 1 aromatic heterocycles. The summed E-state index contributed by atoms with van der Waals surface area (Å²) < 4.78 is 13.5. The van der Waals surface area contributed by atoms with E-state index in [1.165, 1.54) is 6.20 Å². The van der Waals surface area contributed by atoms with Gasteiger partial charge in [-0.1, -0.05) is 13.3 Å². The van der Waals surface area contributed by atoms with E-state index in [2.05, 4.69) is 9.97 Å². The van der Waals surface area contributed by atoms with Gasteiger partial charge >= 0.3 is 0 Å². The van der Waals surface area contributed by atoms with Crippen molar-refractivity contribution in [2.45, 2.75) is 26.7 Å². The lowest BCUT2D eigenvalue weighted by atomic mass is 10.2. The second-order valence-electron chi connectivity index (χ2n) is 2.98. The van der Waals surface area contributed by atoms with Gasteiger partial charge in [0, 0.05) is 11.8 Å². The summed E-state index contributed by atoms with van der Waals surface area (Å²) in [4.78, 5) is 7.62. The van der Waals surface area contributed by atoms with Crippen LogP contribution >= 0.6 is 11.6 Å². The number of allylic oxidation sites excluding steroid dienone is 1. The number of nitrogens with zero attached hydrogens (tertiary/aromatic N) is 2. The highest BCUT2D eigenvalue weighted by atomic mass is 35.5. The van der Waals surface area contributed by atoms with Crippen LogP contribution in [0.2, 0.25) is 5.28 Å². The minimum Gasteiger partial charge on any atom is -0.226 e. The zero-order valence-electron chi connectivity index (χ0n) is 8.22. The van der Waals surface area contributed by atoms with Crippen molar-refractivity contribution in [2.24, 2.45) is 0 Å². The average Bonchev–Trinajstić information content (AvgIpc) is 2.14. The molecule has 0 aliphatic heterocycles. The maximum Gasteiger partial charge on any atom is 0.222 e. The first kappa shape index (κ1) is 11.1. The van der Waals surface area contributed by atoms with Crippen LogP contribution in [0.5, 0.6) is 0 Å². The van der Waals surface area contributed by atoms with E-state index in [0.29, 0.717) is 17.7 Å². The summed E-state index contributed by atoms with van der Waals surface area (Å²) in [7, 11) is 0. The van der Waals surface area contributed by atoms with E-state index in [1.54, 1.807) is 13.0 Å². The molecule has 0 amide bonds. The molecule has 0 N–H and O–H groups in total. The molecule has 0 spiro atoms. The monoisotopic (exact) mass is 214 g/mol. The number of hydrogen-bond donors (Lipinski definition) is 0. The number of aromatic nitrogens is 2. The van der Waals surface area contributed by atoms with E-state index in [9.17, 15) is 4.39 Å². The standard InChI is InChI=1S/C10H12ClFN2/c1-3-4-5-9(12)8-6-13-10(11)14-7(8)2/h5-6H,3-4H2,1-2H3/b9-5+. The van der Waals surface area contributed by atoms with Gasteiger partial charge in [0.25, 0.3) is 0 Å². The van der Waals surface area contributed by atoms with Gasteiger partial charge in [-0.15, -0.1) is 0 Å². The third-order valence-electron chi connectivity index (χ3n) is 1.82. The Morgan fingerprint density at radius 2 is 2.36 bits per heavy atom. The summed E-state index contributed by atoms with van der Waals surface area (Å²) in [5.74, 6) is -0.277. The van der Waals surface area contributed by atoms with Crippen LogP contribution in [0.25, 0.3) is 5.83 Å². The van der Waals surface area contributed by atoms with E-state index in [0.717, 1.165) is 6.42 Å². The first-order valence-electron chi connectivity index (χ1n) is 4.50. The molecule has 0 saturated carbocycles. The maximum absolute atomic E-state index is 13.5. The Balaban J connectivity index is 2.95. The fraction of sp³-hybridized carbons (Fsp3) is 0.400. The fourth-order valence-corrected chi connectivity index (χ4v) is 1.23. The predicted molar refractivity (Wildman–Crippen MR) is 55.8 cm³/mol. The van der Waals surface area contributed by atoms with Crippen LogP contribution in [-0.2, 0) is 0 Å². The Morgan fingerprint density at radius 1 is 1.64 bits per heavy atom. The van der Waals surface area contributed by atoms with Crippen LogP contribution in [0.1, 0.15) is 31.0 Å². The van der Waals surface area contributed by atoms with Gasteiger partial charge in [-0.05, 0) is 31.0 Å².